The Bertz CT molecular complexity index is 291. The van der Waals surface area contributed by atoms with E-state index < -0.39 is 18.5 Å². The van der Waals surface area contributed by atoms with Crippen LogP contribution >= 0.6 is 11.6 Å². The molecule has 4 heteroatoms. The zero-order chi connectivity index (χ0) is 9.84. The first kappa shape index (κ1) is 10.4. The second-order valence-electron chi connectivity index (χ2n) is 2.75. The number of alkyl halides is 1. The van der Waals surface area contributed by atoms with Crippen molar-refractivity contribution in [2.45, 2.75) is 12.5 Å². The monoisotopic (exact) mass is 205 g/mol. The fourth-order valence-corrected chi connectivity index (χ4v) is 1.23. The van der Waals surface area contributed by atoms with Crippen LogP contribution in [0.4, 0.5) is 8.78 Å². The first-order chi connectivity index (χ1) is 6.15. The van der Waals surface area contributed by atoms with Crippen LogP contribution in [0.25, 0.3) is 0 Å². The largest absolute Gasteiger partial charge is 0.324 e. The molecule has 1 aromatic carbocycles. The molecular weight excluding hydrogens is 196 g/mol. The van der Waals surface area contributed by atoms with E-state index in [-0.39, 0.29) is 6.42 Å². The molecule has 72 valence electrons. The van der Waals surface area contributed by atoms with Gasteiger partial charge in [-0.25, -0.2) is 4.39 Å². The molecule has 1 nitrogen and oxygen atoms in total. The predicted molar refractivity (Wildman–Crippen MR) is 48.9 cm³/mol. The molecule has 0 radical (unpaired) electrons. The van der Waals surface area contributed by atoms with Crippen molar-refractivity contribution < 1.29 is 8.78 Å². The van der Waals surface area contributed by atoms with Crippen LogP contribution in [0, 0.1) is 5.82 Å². The summed E-state index contributed by atoms with van der Waals surface area (Å²) in [6, 6.07) is 3.60. The molecule has 1 aromatic rings. The SMILES string of the molecule is N[C@H](CCF)c1ccc(Cl)cc1F. The van der Waals surface area contributed by atoms with Gasteiger partial charge in [-0.05, 0) is 18.6 Å². The van der Waals surface area contributed by atoms with Gasteiger partial charge in [-0.3, -0.25) is 4.39 Å². The van der Waals surface area contributed by atoms with E-state index >= 15 is 0 Å². The molecule has 0 aliphatic carbocycles. The first-order valence-corrected chi connectivity index (χ1v) is 4.29. The van der Waals surface area contributed by atoms with Gasteiger partial charge in [0.2, 0.25) is 0 Å². The Morgan fingerprint density at radius 3 is 2.69 bits per heavy atom. The number of rotatable bonds is 3. The Kier molecular flexibility index (Phi) is 3.63. The van der Waals surface area contributed by atoms with E-state index in [0.717, 1.165) is 0 Å². The van der Waals surface area contributed by atoms with Gasteiger partial charge in [0.15, 0.2) is 0 Å². The van der Waals surface area contributed by atoms with E-state index in [1.807, 2.05) is 0 Å². The summed E-state index contributed by atoms with van der Waals surface area (Å²) < 4.78 is 25.0. The van der Waals surface area contributed by atoms with Gasteiger partial charge in [-0.2, -0.15) is 0 Å². The normalized spacial score (nSPS) is 12.9. The number of nitrogens with two attached hydrogens (primary N) is 1. The van der Waals surface area contributed by atoms with Crippen LogP contribution in [-0.4, -0.2) is 6.67 Å². The zero-order valence-corrected chi connectivity index (χ0v) is 7.69. The molecule has 0 amide bonds. The number of halogens is 3. The minimum absolute atomic E-state index is 0.124. The molecule has 0 bridgehead atoms. The summed E-state index contributed by atoms with van der Waals surface area (Å²) in [6.07, 6.45) is 0.124. The molecule has 2 N–H and O–H groups in total. The maximum atomic E-state index is 13.1. The van der Waals surface area contributed by atoms with Crippen LogP contribution in [-0.2, 0) is 0 Å². The molecule has 0 fully saturated rings. The highest BCUT2D eigenvalue weighted by molar-refractivity contribution is 6.30. The highest BCUT2D eigenvalue weighted by Crippen LogP contribution is 2.21. The van der Waals surface area contributed by atoms with Crippen molar-refractivity contribution in [3.8, 4) is 0 Å². The van der Waals surface area contributed by atoms with Gasteiger partial charge >= 0.3 is 0 Å². The molecule has 1 rings (SSSR count). The Labute approximate surface area is 80.5 Å². The van der Waals surface area contributed by atoms with Gasteiger partial charge in [0.25, 0.3) is 0 Å². The lowest BCUT2D eigenvalue weighted by atomic mass is 10.1. The lowest BCUT2D eigenvalue weighted by Gasteiger charge is -2.10. The summed E-state index contributed by atoms with van der Waals surface area (Å²) in [6.45, 7) is -0.552. The summed E-state index contributed by atoms with van der Waals surface area (Å²) in [5.74, 6) is -0.478. The molecule has 0 heterocycles. The minimum atomic E-state index is -0.595. The average molecular weight is 206 g/mol. The first-order valence-electron chi connectivity index (χ1n) is 3.91. The van der Waals surface area contributed by atoms with E-state index in [0.29, 0.717) is 10.6 Å². The Hall–Kier alpha value is -0.670. The van der Waals surface area contributed by atoms with Crippen molar-refractivity contribution in [2.24, 2.45) is 5.73 Å². The van der Waals surface area contributed by atoms with Crippen molar-refractivity contribution in [1.82, 2.24) is 0 Å². The van der Waals surface area contributed by atoms with Crippen LogP contribution in [0.2, 0.25) is 5.02 Å². The number of benzene rings is 1. The lowest BCUT2D eigenvalue weighted by Crippen LogP contribution is -2.12. The highest BCUT2D eigenvalue weighted by atomic mass is 35.5. The molecule has 0 unspecified atom stereocenters. The second kappa shape index (κ2) is 4.53. The molecule has 0 saturated heterocycles. The van der Waals surface area contributed by atoms with E-state index in [4.69, 9.17) is 17.3 Å². The third-order valence-corrected chi connectivity index (χ3v) is 2.02. The van der Waals surface area contributed by atoms with Crippen LogP contribution in [0.3, 0.4) is 0 Å². The quantitative estimate of drug-likeness (QED) is 0.807. The maximum Gasteiger partial charge on any atom is 0.129 e. The summed E-state index contributed by atoms with van der Waals surface area (Å²) in [7, 11) is 0. The van der Waals surface area contributed by atoms with Crippen molar-refractivity contribution in [3.05, 3.63) is 34.6 Å². The van der Waals surface area contributed by atoms with Gasteiger partial charge in [-0.15, -0.1) is 0 Å². The molecular formula is C9H10ClF2N. The van der Waals surface area contributed by atoms with Gasteiger partial charge in [-0.1, -0.05) is 17.7 Å². The summed E-state index contributed by atoms with van der Waals surface area (Å²) in [5, 5.41) is 0.314. The van der Waals surface area contributed by atoms with Crippen molar-refractivity contribution in [2.75, 3.05) is 6.67 Å². The topological polar surface area (TPSA) is 26.0 Å². The van der Waals surface area contributed by atoms with E-state index in [9.17, 15) is 8.78 Å². The Morgan fingerprint density at radius 2 is 2.15 bits per heavy atom. The fraction of sp³-hybridized carbons (Fsp3) is 0.333. The van der Waals surface area contributed by atoms with Gasteiger partial charge in [0.05, 0.1) is 6.67 Å². The van der Waals surface area contributed by atoms with Crippen molar-refractivity contribution in [1.29, 1.82) is 0 Å². The molecule has 0 spiro atoms. The average Bonchev–Trinajstić information content (AvgIpc) is 2.04. The number of hydrogen-bond donors (Lipinski definition) is 1. The maximum absolute atomic E-state index is 13.1. The highest BCUT2D eigenvalue weighted by Gasteiger charge is 2.10. The smallest absolute Gasteiger partial charge is 0.129 e. The summed E-state index contributed by atoms with van der Waals surface area (Å²) in [5.41, 5.74) is 5.84. The molecule has 0 aromatic heterocycles. The third-order valence-electron chi connectivity index (χ3n) is 1.78. The summed E-state index contributed by atoms with van der Waals surface area (Å²) >= 11 is 5.54. The molecule has 0 aliphatic rings. The van der Waals surface area contributed by atoms with E-state index in [1.165, 1.54) is 18.2 Å². The van der Waals surface area contributed by atoms with Gasteiger partial charge in [0, 0.05) is 16.6 Å². The predicted octanol–water partition coefficient (Wildman–Crippen LogP) is 2.84. The van der Waals surface area contributed by atoms with E-state index in [2.05, 4.69) is 0 Å². The number of hydrogen-bond acceptors (Lipinski definition) is 1. The minimum Gasteiger partial charge on any atom is -0.324 e. The van der Waals surface area contributed by atoms with Crippen molar-refractivity contribution in [3.63, 3.8) is 0 Å². The van der Waals surface area contributed by atoms with E-state index in [1.54, 1.807) is 0 Å². The standard InChI is InChI=1S/C9H10ClF2N/c10-6-1-2-7(8(12)5-6)9(13)3-4-11/h1-2,5,9H,3-4,13H2/t9-/m1/s1. The van der Waals surface area contributed by atoms with Crippen LogP contribution in [0.15, 0.2) is 18.2 Å². The zero-order valence-electron chi connectivity index (χ0n) is 6.93. The van der Waals surface area contributed by atoms with Crippen LogP contribution < -0.4 is 5.73 Å². The lowest BCUT2D eigenvalue weighted by molar-refractivity contribution is 0.435. The molecule has 0 saturated carbocycles. The Morgan fingerprint density at radius 1 is 1.46 bits per heavy atom. The van der Waals surface area contributed by atoms with Crippen LogP contribution in [0.5, 0.6) is 0 Å². The third kappa shape index (κ3) is 2.64. The van der Waals surface area contributed by atoms with Crippen molar-refractivity contribution >= 4 is 11.6 Å². The fourth-order valence-electron chi connectivity index (χ4n) is 1.08. The molecule has 13 heavy (non-hydrogen) atoms. The van der Waals surface area contributed by atoms with Gasteiger partial charge in [0.1, 0.15) is 5.82 Å². The second-order valence-corrected chi connectivity index (χ2v) is 3.19. The molecule has 1 atom stereocenters. The Balaban J connectivity index is 2.88. The van der Waals surface area contributed by atoms with Gasteiger partial charge < -0.3 is 5.73 Å². The summed E-state index contributed by atoms with van der Waals surface area (Å²) in [4.78, 5) is 0. The molecule has 0 aliphatic heterocycles. The van der Waals surface area contributed by atoms with Crippen LogP contribution in [0.1, 0.15) is 18.0 Å².